The number of hydrogen-bond acceptors (Lipinski definition) is 8. The average Bonchev–Trinajstić information content (AvgIpc) is 3.62. The number of hydrogen-bond donors (Lipinski definition) is 3. The van der Waals surface area contributed by atoms with E-state index in [2.05, 4.69) is 48.4 Å². The molecular weight excluding hydrogens is 486 g/mol. The lowest BCUT2D eigenvalue weighted by Gasteiger charge is -2.23. The van der Waals surface area contributed by atoms with Crippen molar-refractivity contribution >= 4 is 17.5 Å². The van der Waals surface area contributed by atoms with Crippen molar-refractivity contribution in [2.45, 2.75) is 37.8 Å². The van der Waals surface area contributed by atoms with Gasteiger partial charge in [-0.3, -0.25) is 9.48 Å². The van der Waals surface area contributed by atoms with Gasteiger partial charge >= 0.3 is 0 Å². The largest absolute Gasteiger partial charge is 0.483 e. The van der Waals surface area contributed by atoms with Crippen molar-refractivity contribution in [2.75, 3.05) is 26.3 Å². The third-order valence-corrected chi connectivity index (χ3v) is 6.88. The van der Waals surface area contributed by atoms with Crippen molar-refractivity contribution in [1.29, 1.82) is 5.26 Å². The van der Waals surface area contributed by atoms with Crippen LogP contribution in [0.25, 0.3) is 33.3 Å². The molecule has 0 unspecified atom stereocenters. The number of nitriles is 1. The fraction of sp³-hybridized carbons (Fsp3) is 0.370. The summed E-state index contributed by atoms with van der Waals surface area (Å²) in [6, 6.07) is 6.64. The predicted molar refractivity (Wildman–Crippen MR) is 140 cm³/mol. The van der Waals surface area contributed by atoms with Crippen molar-refractivity contribution in [3.8, 4) is 34.2 Å². The van der Waals surface area contributed by atoms with Gasteiger partial charge in [0.05, 0.1) is 25.5 Å². The lowest BCUT2D eigenvalue weighted by Crippen LogP contribution is -2.29. The van der Waals surface area contributed by atoms with Crippen LogP contribution in [-0.2, 0) is 9.53 Å². The second-order valence-corrected chi connectivity index (χ2v) is 9.24. The van der Waals surface area contributed by atoms with Crippen LogP contribution < -0.4 is 10.1 Å². The van der Waals surface area contributed by atoms with E-state index in [-0.39, 0.29) is 12.6 Å². The summed E-state index contributed by atoms with van der Waals surface area (Å²) in [5.41, 5.74) is 5.05. The molecule has 2 fully saturated rings. The molecule has 0 saturated carbocycles. The fourth-order valence-corrected chi connectivity index (χ4v) is 4.88. The van der Waals surface area contributed by atoms with Crippen molar-refractivity contribution in [3.05, 3.63) is 48.7 Å². The lowest BCUT2D eigenvalue weighted by molar-refractivity contribution is -0.122. The number of nitrogens with one attached hydrogen (secondary N) is 2. The van der Waals surface area contributed by atoms with E-state index < -0.39 is 0 Å². The summed E-state index contributed by atoms with van der Waals surface area (Å²) in [4.78, 5) is 20.7. The van der Waals surface area contributed by atoms with Gasteiger partial charge < -0.3 is 24.9 Å². The Balaban J connectivity index is 0.000000937. The molecule has 0 amide bonds. The van der Waals surface area contributed by atoms with Gasteiger partial charge in [0.1, 0.15) is 23.4 Å². The fourth-order valence-electron chi connectivity index (χ4n) is 4.88. The van der Waals surface area contributed by atoms with Crippen LogP contribution in [0, 0.1) is 11.3 Å². The number of H-pyrrole nitrogens is 1. The molecule has 0 atom stereocenters. The molecule has 11 heteroatoms. The number of aromatic amines is 1. The molecule has 0 radical (unpaired) electrons. The second kappa shape index (κ2) is 11.9. The molecule has 196 valence electrons. The predicted octanol–water partition coefficient (Wildman–Crippen LogP) is 3.54. The van der Waals surface area contributed by atoms with E-state index in [0.29, 0.717) is 30.7 Å². The zero-order valence-corrected chi connectivity index (χ0v) is 20.8. The van der Waals surface area contributed by atoms with Crippen LogP contribution in [0.5, 0.6) is 5.88 Å². The van der Waals surface area contributed by atoms with Crippen LogP contribution >= 0.6 is 0 Å². The molecule has 0 aliphatic carbocycles. The number of ether oxygens (including phenoxy) is 2. The highest BCUT2D eigenvalue weighted by molar-refractivity contribution is 5.95. The van der Waals surface area contributed by atoms with Crippen molar-refractivity contribution in [1.82, 2.24) is 30.0 Å². The van der Waals surface area contributed by atoms with Gasteiger partial charge in [0, 0.05) is 65.3 Å². The number of piperidine rings is 1. The number of nitrogens with zero attached hydrogens (tertiary/aromatic N) is 5. The standard InChI is InChI=1S/C26H27N7O2.CH2O2/c27-11-17-9-19(13-31-26(17)35-22-3-7-34-8-4-22)24-15-30-25-23(24)10-18(12-29-25)20-14-32-33(16-20)21-1-5-28-6-2-21;2-1-3/h9-10,12-16,21-22,28H,1-8H2,(H,29,30);1H,(H,2,3). The summed E-state index contributed by atoms with van der Waals surface area (Å²) in [6.07, 6.45) is 13.4. The second-order valence-electron chi connectivity index (χ2n) is 9.24. The molecule has 6 rings (SSSR count). The molecule has 6 heterocycles. The Hall–Kier alpha value is -4.27. The molecular formula is C27H29N7O4. The van der Waals surface area contributed by atoms with E-state index in [1.165, 1.54) is 0 Å². The number of aromatic nitrogens is 5. The summed E-state index contributed by atoms with van der Waals surface area (Å²) in [6.45, 7) is 3.15. The Morgan fingerprint density at radius 1 is 1.08 bits per heavy atom. The Morgan fingerprint density at radius 3 is 2.61 bits per heavy atom. The van der Waals surface area contributed by atoms with Gasteiger partial charge in [-0.1, -0.05) is 0 Å². The van der Waals surface area contributed by atoms with E-state index in [1.807, 2.05) is 24.7 Å². The number of carboxylic acid groups (broad SMARTS) is 1. The van der Waals surface area contributed by atoms with Crippen molar-refractivity contribution in [3.63, 3.8) is 0 Å². The molecule has 0 spiro atoms. The Labute approximate surface area is 219 Å². The van der Waals surface area contributed by atoms with E-state index in [0.717, 1.165) is 72.1 Å². The van der Waals surface area contributed by atoms with E-state index in [1.54, 1.807) is 6.20 Å². The van der Waals surface area contributed by atoms with Gasteiger partial charge in [0.2, 0.25) is 5.88 Å². The maximum atomic E-state index is 9.76. The minimum atomic E-state index is -0.250. The van der Waals surface area contributed by atoms with Gasteiger partial charge in [-0.2, -0.15) is 10.4 Å². The van der Waals surface area contributed by atoms with Gasteiger partial charge in [0.15, 0.2) is 0 Å². The number of rotatable bonds is 5. The molecule has 38 heavy (non-hydrogen) atoms. The first-order valence-corrected chi connectivity index (χ1v) is 12.6. The van der Waals surface area contributed by atoms with Crippen LogP contribution in [0.4, 0.5) is 0 Å². The number of carbonyl (C=O) groups is 1. The smallest absolute Gasteiger partial charge is 0.290 e. The Bertz CT molecular complexity index is 1430. The van der Waals surface area contributed by atoms with E-state index in [4.69, 9.17) is 19.4 Å². The van der Waals surface area contributed by atoms with E-state index >= 15 is 0 Å². The molecule has 3 N–H and O–H groups in total. The minimum Gasteiger partial charge on any atom is -0.483 e. The topological polar surface area (TPSA) is 151 Å². The monoisotopic (exact) mass is 515 g/mol. The van der Waals surface area contributed by atoms with E-state index in [9.17, 15) is 5.26 Å². The van der Waals surface area contributed by atoms with Gasteiger partial charge in [-0.25, -0.2) is 9.97 Å². The average molecular weight is 516 g/mol. The maximum Gasteiger partial charge on any atom is 0.290 e. The molecule has 4 aromatic heterocycles. The number of pyridine rings is 2. The summed E-state index contributed by atoms with van der Waals surface area (Å²) < 4.78 is 13.5. The van der Waals surface area contributed by atoms with Crippen LogP contribution in [0.15, 0.2) is 43.1 Å². The quantitative estimate of drug-likeness (QED) is 0.339. The highest BCUT2D eigenvalue weighted by atomic mass is 16.5. The van der Waals surface area contributed by atoms with Gasteiger partial charge in [-0.15, -0.1) is 0 Å². The van der Waals surface area contributed by atoms with Crippen LogP contribution in [0.1, 0.15) is 37.3 Å². The maximum absolute atomic E-state index is 9.76. The lowest BCUT2D eigenvalue weighted by atomic mass is 10.0. The first-order chi connectivity index (χ1) is 18.7. The normalized spacial score (nSPS) is 16.4. The zero-order valence-electron chi connectivity index (χ0n) is 20.8. The molecule has 0 bridgehead atoms. The summed E-state index contributed by atoms with van der Waals surface area (Å²) in [5, 5.41) is 25.7. The van der Waals surface area contributed by atoms with Crippen LogP contribution in [0.3, 0.4) is 0 Å². The molecule has 4 aromatic rings. The minimum absolute atomic E-state index is 0.0276. The highest BCUT2D eigenvalue weighted by Gasteiger charge is 2.20. The molecule has 11 nitrogen and oxygen atoms in total. The molecule has 2 aliphatic heterocycles. The zero-order chi connectivity index (χ0) is 26.3. The third kappa shape index (κ3) is 5.51. The molecule has 0 aromatic carbocycles. The third-order valence-electron chi connectivity index (χ3n) is 6.88. The van der Waals surface area contributed by atoms with Gasteiger partial charge in [-0.05, 0) is 38.1 Å². The summed E-state index contributed by atoms with van der Waals surface area (Å²) in [5.74, 6) is 0.382. The summed E-state index contributed by atoms with van der Waals surface area (Å²) >= 11 is 0. The summed E-state index contributed by atoms with van der Waals surface area (Å²) in [7, 11) is 0. The van der Waals surface area contributed by atoms with Gasteiger partial charge in [0.25, 0.3) is 6.47 Å². The van der Waals surface area contributed by atoms with Crippen molar-refractivity contribution in [2.24, 2.45) is 0 Å². The SMILES string of the molecule is N#Cc1cc(-c2c[nH]c3ncc(-c4cnn(C5CCNCC5)c4)cc23)cnc1OC1CCOCC1.O=CO. The first kappa shape index (κ1) is 25.4. The number of fused-ring (bicyclic) bond motifs is 1. The first-order valence-electron chi connectivity index (χ1n) is 12.6. The Morgan fingerprint density at radius 2 is 1.84 bits per heavy atom. The molecule has 2 saturated heterocycles. The van der Waals surface area contributed by atoms with Crippen LogP contribution in [-0.4, -0.2) is 68.7 Å². The van der Waals surface area contributed by atoms with Crippen LogP contribution in [0.2, 0.25) is 0 Å². The van der Waals surface area contributed by atoms with Crippen molar-refractivity contribution < 1.29 is 19.4 Å². The Kier molecular flexibility index (Phi) is 7.92. The molecule has 2 aliphatic rings. The highest BCUT2D eigenvalue weighted by Crippen LogP contribution is 2.33.